The van der Waals surface area contributed by atoms with Gasteiger partial charge in [-0.1, -0.05) is 6.92 Å². The molecular formula is C8H11N2O. The Labute approximate surface area is 66.8 Å². The molecule has 0 N–H and O–H groups in total. The van der Waals surface area contributed by atoms with Crippen molar-refractivity contribution in [3.05, 3.63) is 0 Å². The van der Waals surface area contributed by atoms with E-state index < -0.39 is 0 Å². The van der Waals surface area contributed by atoms with Gasteiger partial charge in [-0.05, 0) is 6.42 Å². The summed E-state index contributed by atoms with van der Waals surface area (Å²) in [5.41, 5.74) is 0. The van der Waals surface area contributed by atoms with Crippen LogP contribution in [0.5, 0.6) is 0 Å². The quantitative estimate of drug-likeness (QED) is 0.517. The van der Waals surface area contributed by atoms with Crippen LogP contribution in [0.4, 0.5) is 0 Å². The smallest absolute Gasteiger partial charge is 0.234 e. The average Bonchev–Trinajstić information content (AvgIpc) is 2.07. The standard InChI is InChI=1S/C8H11N2O/c1-2-3-8(11)10-6-4-9-5-7-10/h2-4,6H2,1H3. The van der Waals surface area contributed by atoms with Crippen molar-refractivity contribution in [3.8, 4) is 12.1 Å². The lowest BCUT2D eigenvalue weighted by atomic mass is 10.3. The highest BCUT2D eigenvalue weighted by Crippen LogP contribution is 1.96. The van der Waals surface area contributed by atoms with Gasteiger partial charge in [0.05, 0.1) is 19.1 Å². The SMILES string of the molecule is CCCC(=O)N1C#C[N]CC1. The molecule has 0 spiro atoms. The summed E-state index contributed by atoms with van der Waals surface area (Å²) in [6.07, 6.45) is 1.48. The maximum Gasteiger partial charge on any atom is 0.234 e. The molecule has 0 aliphatic carbocycles. The Morgan fingerprint density at radius 2 is 2.55 bits per heavy atom. The van der Waals surface area contributed by atoms with Crippen molar-refractivity contribution in [2.75, 3.05) is 13.1 Å². The van der Waals surface area contributed by atoms with Gasteiger partial charge in [0.2, 0.25) is 5.91 Å². The Hall–Kier alpha value is -1.17. The van der Waals surface area contributed by atoms with E-state index >= 15 is 0 Å². The molecule has 1 aliphatic heterocycles. The zero-order valence-corrected chi connectivity index (χ0v) is 6.63. The van der Waals surface area contributed by atoms with E-state index in [0.29, 0.717) is 19.5 Å². The molecule has 3 heteroatoms. The highest BCUT2D eigenvalue weighted by atomic mass is 16.2. The van der Waals surface area contributed by atoms with Gasteiger partial charge in [-0.2, -0.15) is 0 Å². The lowest BCUT2D eigenvalue weighted by molar-refractivity contribution is -0.128. The first-order valence-electron chi connectivity index (χ1n) is 3.82. The molecule has 1 rings (SSSR count). The third kappa shape index (κ3) is 2.15. The molecule has 0 aromatic carbocycles. The molecule has 0 fully saturated rings. The number of nitrogens with zero attached hydrogens (tertiary/aromatic N) is 2. The van der Waals surface area contributed by atoms with Gasteiger partial charge >= 0.3 is 0 Å². The number of hydrogen-bond donors (Lipinski definition) is 0. The minimum atomic E-state index is 0.120. The van der Waals surface area contributed by atoms with Crippen LogP contribution < -0.4 is 5.32 Å². The number of carbonyl (C=O) groups is 1. The van der Waals surface area contributed by atoms with Gasteiger partial charge in [0.15, 0.2) is 0 Å². The Bertz CT molecular complexity index is 202. The van der Waals surface area contributed by atoms with Crippen molar-refractivity contribution < 1.29 is 4.79 Å². The first-order chi connectivity index (χ1) is 5.34. The highest BCUT2D eigenvalue weighted by Gasteiger charge is 2.11. The van der Waals surface area contributed by atoms with Crippen LogP contribution in [0, 0.1) is 12.1 Å². The highest BCUT2D eigenvalue weighted by molar-refractivity contribution is 5.78. The van der Waals surface area contributed by atoms with E-state index in [1.807, 2.05) is 6.92 Å². The molecular weight excluding hydrogens is 140 g/mol. The van der Waals surface area contributed by atoms with Crippen LogP contribution >= 0.6 is 0 Å². The molecule has 0 aromatic rings. The van der Waals surface area contributed by atoms with Gasteiger partial charge in [-0.3, -0.25) is 9.69 Å². The summed E-state index contributed by atoms with van der Waals surface area (Å²) in [6, 6.07) is 5.23. The van der Waals surface area contributed by atoms with E-state index in [9.17, 15) is 4.79 Å². The fourth-order valence-corrected chi connectivity index (χ4v) is 0.893. The van der Waals surface area contributed by atoms with Crippen LogP contribution in [0.1, 0.15) is 19.8 Å². The third-order valence-electron chi connectivity index (χ3n) is 1.46. The number of hydrogen-bond acceptors (Lipinski definition) is 1. The second kappa shape index (κ2) is 3.87. The summed E-state index contributed by atoms with van der Waals surface area (Å²) in [7, 11) is 0. The lowest BCUT2D eigenvalue weighted by Crippen LogP contribution is -2.33. The van der Waals surface area contributed by atoms with Gasteiger partial charge in [0, 0.05) is 12.5 Å². The Kier molecular flexibility index (Phi) is 2.79. The van der Waals surface area contributed by atoms with Gasteiger partial charge in [-0.25, -0.2) is 5.32 Å². The van der Waals surface area contributed by atoms with Gasteiger partial charge in [-0.15, -0.1) is 0 Å². The van der Waals surface area contributed by atoms with Crippen molar-refractivity contribution in [2.24, 2.45) is 0 Å². The molecule has 3 nitrogen and oxygen atoms in total. The molecule has 1 amide bonds. The molecule has 0 saturated carbocycles. The number of amides is 1. The Balaban J connectivity index is 2.43. The predicted molar refractivity (Wildman–Crippen MR) is 41.4 cm³/mol. The van der Waals surface area contributed by atoms with Gasteiger partial charge in [0.1, 0.15) is 0 Å². The fraction of sp³-hybridized carbons (Fsp3) is 0.625. The van der Waals surface area contributed by atoms with Gasteiger partial charge in [0.25, 0.3) is 0 Å². The molecule has 0 atom stereocenters. The Morgan fingerprint density at radius 3 is 3.09 bits per heavy atom. The minimum absolute atomic E-state index is 0.120. The summed E-state index contributed by atoms with van der Waals surface area (Å²) in [6.45, 7) is 3.30. The summed E-state index contributed by atoms with van der Waals surface area (Å²) in [5.74, 6) is 0.120. The molecule has 0 aromatic heterocycles. The minimum Gasteiger partial charge on any atom is -0.274 e. The van der Waals surface area contributed by atoms with Crippen molar-refractivity contribution >= 4 is 5.91 Å². The van der Waals surface area contributed by atoms with Crippen LogP contribution in [-0.4, -0.2) is 23.9 Å². The van der Waals surface area contributed by atoms with Crippen LogP contribution in [0.3, 0.4) is 0 Å². The van der Waals surface area contributed by atoms with E-state index in [2.05, 4.69) is 17.4 Å². The van der Waals surface area contributed by atoms with E-state index in [1.165, 1.54) is 0 Å². The summed E-state index contributed by atoms with van der Waals surface area (Å²) in [5, 5.41) is 3.81. The normalized spacial score (nSPS) is 14.8. The van der Waals surface area contributed by atoms with E-state index in [4.69, 9.17) is 0 Å². The van der Waals surface area contributed by atoms with Crippen molar-refractivity contribution in [1.82, 2.24) is 10.2 Å². The van der Waals surface area contributed by atoms with Crippen molar-refractivity contribution in [2.45, 2.75) is 19.8 Å². The van der Waals surface area contributed by atoms with Crippen molar-refractivity contribution in [3.63, 3.8) is 0 Å². The summed E-state index contributed by atoms with van der Waals surface area (Å²) < 4.78 is 0. The zero-order valence-electron chi connectivity index (χ0n) is 6.63. The molecule has 59 valence electrons. The maximum absolute atomic E-state index is 11.2. The topological polar surface area (TPSA) is 34.4 Å². The predicted octanol–water partition coefficient (Wildman–Crippen LogP) is 0.151. The van der Waals surface area contributed by atoms with Crippen LogP contribution in [-0.2, 0) is 4.79 Å². The third-order valence-corrected chi connectivity index (χ3v) is 1.46. The maximum atomic E-state index is 11.2. The molecule has 1 heterocycles. The van der Waals surface area contributed by atoms with Gasteiger partial charge < -0.3 is 0 Å². The van der Waals surface area contributed by atoms with E-state index in [-0.39, 0.29) is 5.91 Å². The fourth-order valence-electron chi connectivity index (χ4n) is 0.893. The number of carbonyl (C=O) groups excluding carboxylic acids is 1. The lowest BCUT2D eigenvalue weighted by Gasteiger charge is -2.16. The first-order valence-corrected chi connectivity index (χ1v) is 3.82. The van der Waals surface area contributed by atoms with Crippen LogP contribution in [0.2, 0.25) is 0 Å². The molecule has 0 unspecified atom stereocenters. The zero-order chi connectivity index (χ0) is 8.10. The van der Waals surface area contributed by atoms with E-state index in [0.717, 1.165) is 6.42 Å². The van der Waals surface area contributed by atoms with Crippen molar-refractivity contribution in [1.29, 1.82) is 0 Å². The van der Waals surface area contributed by atoms with Crippen LogP contribution in [0.15, 0.2) is 0 Å². The molecule has 1 aliphatic rings. The molecule has 0 bridgehead atoms. The monoisotopic (exact) mass is 151 g/mol. The molecule has 11 heavy (non-hydrogen) atoms. The molecule has 0 saturated heterocycles. The largest absolute Gasteiger partial charge is 0.274 e. The Morgan fingerprint density at radius 1 is 1.73 bits per heavy atom. The molecule has 1 radical (unpaired) electrons. The van der Waals surface area contributed by atoms with E-state index in [1.54, 1.807) is 4.90 Å². The summed E-state index contributed by atoms with van der Waals surface area (Å²) in [4.78, 5) is 12.7. The van der Waals surface area contributed by atoms with Crippen LogP contribution in [0.25, 0.3) is 0 Å². The number of rotatable bonds is 2. The summed E-state index contributed by atoms with van der Waals surface area (Å²) >= 11 is 0. The first kappa shape index (κ1) is 7.93. The second-order valence-corrected chi connectivity index (χ2v) is 2.40. The average molecular weight is 151 g/mol. The second-order valence-electron chi connectivity index (χ2n) is 2.40.